The minimum absolute atomic E-state index is 0.148. The summed E-state index contributed by atoms with van der Waals surface area (Å²) in [6.45, 7) is 14.8. The molecule has 0 radical (unpaired) electrons. The van der Waals surface area contributed by atoms with Crippen molar-refractivity contribution in [2.45, 2.75) is 59.9 Å². The van der Waals surface area contributed by atoms with Gasteiger partial charge in [-0.3, -0.25) is 4.79 Å². The molecule has 0 bridgehead atoms. The van der Waals surface area contributed by atoms with E-state index in [4.69, 9.17) is 0 Å². The maximum atomic E-state index is 13.6. The second kappa shape index (κ2) is 10.0. The first-order valence-corrected chi connectivity index (χ1v) is 12.5. The molecule has 0 aliphatic carbocycles. The van der Waals surface area contributed by atoms with Crippen molar-refractivity contribution in [3.8, 4) is 0 Å². The molecule has 0 unspecified atom stereocenters. The zero-order valence-electron chi connectivity index (χ0n) is 18.9. The van der Waals surface area contributed by atoms with E-state index < -0.39 is 10.0 Å². The third kappa shape index (κ3) is 6.12. The normalized spacial score (nSPS) is 12.2. The predicted octanol–water partition coefficient (Wildman–Crippen LogP) is 4.30. The van der Waals surface area contributed by atoms with Gasteiger partial charge in [-0.2, -0.15) is 4.31 Å². The van der Waals surface area contributed by atoms with Crippen molar-refractivity contribution in [3.05, 3.63) is 44.9 Å². The Morgan fingerprint density at radius 1 is 1.10 bits per heavy atom. The predicted molar refractivity (Wildman–Crippen MR) is 122 cm³/mol. The molecule has 0 aliphatic rings. The fourth-order valence-corrected chi connectivity index (χ4v) is 6.23. The number of aryl methyl sites for hydroxylation is 3. The maximum absolute atomic E-state index is 13.6. The van der Waals surface area contributed by atoms with E-state index in [-0.39, 0.29) is 18.4 Å². The number of hydrogen-bond acceptors (Lipinski definition) is 5. The highest BCUT2D eigenvalue weighted by molar-refractivity contribution is 7.89. The van der Waals surface area contributed by atoms with Gasteiger partial charge in [0.1, 0.15) is 10.7 Å². The molecule has 1 heterocycles. The summed E-state index contributed by atoms with van der Waals surface area (Å²) in [5.41, 5.74) is 2.86. The fraction of sp³-hybridized carbons (Fsp3) is 0.545. The highest BCUT2D eigenvalue weighted by Crippen LogP contribution is 2.27. The number of benzene rings is 1. The van der Waals surface area contributed by atoms with Crippen LogP contribution in [0.3, 0.4) is 0 Å². The summed E-state index contributed by atoms with van der Waals surface area (Å²) in [7, 11) is -3.71. The van der Waals surface area contributed by atoms with Gasteiger partial charge in [0.25, 0.3) is 5.91 Å². The summed E-state index contributed by atoms with van der Waals surface area (Å²) in [5, 5.41) is 5.14. The molecule has 166 valence electrons. The van der Waals surface area contributed by atoms with Crippen LogP contribution < -0.4 is 5.32 Å². The molecule has 30 heavy (non-hydrogen) atoms. The number of thiazole rings is 1. The lowest BCUT2D eigenvalue weighted by Gasteiger charge is -2.25. The molecule has 1 aromatic heterocycles. The average Bonchev–Trinajstić information content (AvgIpc) is 3.06. The quantitative estimate of drug-likeness (QED) is 0.616. The zero-order chi connectivity index (χ0) is 22.6. The molecular weight excluding hydrogens is 418 g/mol. The SMILES string of the molecule is Cc1cc(C)c(S(=O)(=O)N(Cc2nc(C(=O)NCC(C)C)cs2)CC(C)C)c(C)c1. The van der Waals surface area contributed by atoms with Crippen LogP contribution in [0.5, 0.6) is 0 Å². The first kappa shape index (κ1) is 24.5. The number of hydrogen-bond donors (Lipinski definition) is 1. The van der Waals surface area contributed by atoms with Gasteiger partial charge < -0.3 is 5.32 Å². The molecule has 2 aromatic rings. The summed E-state index contributed by atoms with van der Waals surface area (Å²) >= 11 is 1.31. The fourth-order valence-electron chi connectivity index (χ4n) is 3.38. The zero-order valence-corrected chi connectivity index (χ0v) is 20.6. The van der Waals surface area contributed by atoms with Crippen LogP contribution in [0.4, 0.5) is 0 Å². The number of carbonyl (C=O) groups excluding carboxylic acids is 1. The van der Waals surface area contributed by atoms with E-state index in [2.05, 4.69) is 10.3 Å². The number of amides is 1. The van der Waals surface area contributed by atoms with Crippen molar-refractivity contribution >= 4 is 27.3 Å². The second-order valence-corrected chi connectivity index (χ2v) is 11.5. The molecule has 0 aliphatic heterocycles. The van der Waals surface area contributed by atoms with Crippen molar-refractivity contribution in [2.75, 3.05) is 13.1 Å². The molecule has 2 rings (SSSR count). The van der Waals surface area contributed by atoms with Crippen LogP contribution in [0, 0.1) is 32.6 Å². The van der Waals surface area contributed by atoms with E-state index >= 15 is 0 Å². The van der Waals surface area contributed by atoms with E-state index in [0.29, 0.717) is 34.6 Å². The molecule has 8 heteroatoms. The molecule has 0 saturated heterocycles. The standard InChI is InChI=1S/C22H33N3O3S2/c1-14(2)10-23-22(26)19-13-29-20(24-19)12-25(11-15(3)4)30(27,28)21-17(6)8-16(5)9-18(21)7/h8-9,13-15H,10-12H2,1-7H3,(H,23,26). The Hall–Kier alpha value is -1.77. The highest BCUT2D eigenvalue weighted by Gasteiger charge is 2.29. The van der Waals surface area contributed by atoms with Gasteiger partial charge in [-0.1, -0.05) is 45.4 Å². The first-order valence-electron chi connectivity index (χ1n) is 10.2. The largest absolute Gasteiger partial charge is 0.350 e. The third-order valence-electron chi connectivity index (χ3n) is 4.54. The van der Waals surface area contributed by atoms with Crippen LogP contribution >= 0.6 is 11.3 Å². The van der Waals surface area contributed by atoms with Gasteiger partial charge in [0, 0.05) is 18.5 Å². The first-order chi connectivity index (χ1) is 13.9. The Kier molecular flexibility index (Phi) is 8.19. The molecule has 0 saturated carbocycles. The highest BCUT2D eigenvalue weighted by atomic mass is 32.2. The lowest BCUT2D eigenvalue weighted by Crippen LogP contribution is -2.34. The molecule has 1 aromatic carbocycles. The van der Waals surface area contributed by atoms with Crippen LogP contribution in [-0.4, -0.2) is 36.7 Å². The van der Waals surface area contributed by atoms with Crippen LogP contribution in [0.25, 0.3) is 0 Å². The molecule has 0 spiro atoms. The Morgan fingerprint density at radius 3 is 2.23 bits per heavy atom. The second-order valence-electron chi connectivity index (χ2n) is 8.65. The average molecular weight is 452 g/mol. The molecule has 1 N–H and O–H groups in total. The minimum atomic E-state index is -3.71. The molecule has 1 amide bonds. The number of nitrogens with zero attached hydrogens (tertiary/aromatic N) is 2. The van der Waals surface area contributed by atoms with Crippen molar-refractivity contribution in [1.29, 1.82) is 0 Å². The van der Waals surface area contributed by atoms with Gasteiger partial charge in [-0.15, -0.1) is 11.3 Å². The van der Waals surface area contributed by atoms with Crippen LogP contribution in [-0.2, 0) is 16.6 Å². The van der Waals surface area contributed by atoms with Gasteiger partial charge in [-0.05, 0) is 43.7 Å². The third-order valence-corrected chi connectivity index (χ3v) is 7.49. The summed E-state index contributed by atoms with van der Waals surface area (Å²) in [6, 6.07) is 3.79. The van der Waals surface area contributed by atoms with Crippen LogP contribution in [0.1, 0.15) is 59.9 Å². The van der Waals surface area contributed by atoms with E-state index in [1.807, 2.05) is 60.6 Å². The van der Waals surface area contributed by atoms with E-state index in [1.54, 1.807) is 5.38 Å². The Morgan fingerprint density at radius 2 is 1.70 bits per heavy atom. The smallest absolute Gasteiger partial charge is 0.270 e. The molecule has 0 fully saturated rings. The van der Waals surface area contributed by atoms with E-state index in [1.165, 1.54) is 15.6 Å². The summed E-state index contributed by atoms with van der Waals surface area (Å²) in [5.74, 6) is 0.272. The number of aromatic nitrogens is 1. The Bertz CT molecular complexity index is 972. The number of carbonyl (C=O) groups is 1. The van der Waals surface area contributed by atoms with E-state index in [9.17, 15) is 13.2 Å². The van der Waals surface area contributed by atoms with Gasteiger partial charge in [0.2, 0.25) is 10.0 Å². The minimum Gasteiger partial charge on any atom is -0.350 e. The van der Waals surface area contributed by atoms with Crippen molar-refractivity contribution in [2.24, 2.45) is 11.8 Å². The van der Waals surface area contributed by atoms with Gasteiger partial charge in [-0.25, -0.2) is 13.4 Å². The summed E-state index contributed by atoms with van der Waals surface area (Å²) in [4.78, 5) is 17.0. The molecule has 6 nitrogen and oxygen atoms in total. The molecular formula is C22H33N3O3S2. The number of sulfonamides is 1. The Balaban J connectivity index is 2.32. The summed E-state index contributed by atoms with van der Waals surface area (Å²) in [6.07, 6.45) is 0. The monoisotopic (exact) mass is 451 g/mol. The maximum Gasteiger partial charge on any atom is 0.270 e. The van der Waals surface area contributed by atoms with Crippen LogP contribution in [0.2, 0.25) is 0 Å². The van der Waals surface area contributed by atoms with Crippen molar-refractivity contribution < 1.29 is 13.2 Å². The number of rotatable bonds is 9. The topological polar surface area (TPSA) is 79.4 Å². The van der Waals surface area contributed by atoms with Crippen LogP contribution in [0.15, 0.2) is 22.4 Å². The van der Waals surface area contributed by atoms with Gasteiger partial charge >= 0.3 is 0 Å². The lowest BCUT2D eigenvalue weighted by molar-refractivity contribution is 0.0944. The Labute approximate surface area is 184 Å². The van der Waals surface area contributed by atoms with E-state index in [0.717, 1.165) is 16.7 Å². The van der Waals surface area contributed by atoms with Crippen molar-refractivity contribution in [1.82, 2.24) is 14.6 Å². The number of nitrogens with one attached hydrogen (secondary N) is 1. The van der Waals surface area contributed by atoms with Gasteiger partial charge in [0.15, 0.2) is 0 Å². The van der Waals surface area contributed by atoms with Crippen molar-refractivity contribution in [3.63, 3.8) is 0 Å². The lowest BCUT2D eigenvalue weighted by atomic mass is 10.1. The summed E-state index contributed by atoms with van der Waals surface area (Å²) < 4.78 is 28.6. The molecule has 0 atom stereocenters. The van der Waals surface area contributed by atoms with Gasteiger partial charge in [0.05, 0.1) is 11.4 Å².